The average Bonchev–Trinajstić information content (AvgIpc) is 2.89. The molecule has 0 aliphatic carbocycles. The summed E-state index contributed by atoms with van der Waals surface area (Å²) in [7, 11) is 1.76. The van der Waals surface area contributed by atoms with Gasteiger partial charge in [0.15, 0.2) is 5.96 Å². The SMILES string of the molecule is CN=C(NCCc1ncc(C)s1)NCc1ccc(Br)cc1Cl.I. The van der Waals surface area contributed by atoms with Gasteiger partial charge in [0.25, 0.3) is 0 Å². The molecule has 8 heteroatoms. The van der Waals surface area contributed by atoms with Gasteiger partial charge in [-0.2, -0.15) is 0 Å². The van der Waals surface area contributed by atoms with E-state index in [1.54, 1.807) is 18.4 Å². The Kier molecular flexibility index (Phi) is 9.41. The molecule has 0 aliphatic heterocycles. The number of nitrogens with zero attached hydrogens (tertiary/aromatic N) is 2. The van der Waals surface area contributed by atoms with E-state index in [0.29, 0.717) is 6.54 Å². The van der Waals surface area contributed by atoms with Crippen LogP contribution in [-0.2, 0) is 13.0 Å². The van der Waals surface area contributed by atoms with Crippen molar-refractivity contribution in [1.29, 1.82) is 0 Å². The zero-order chi connectivity index (χ0) is 15.9. The van der Waals surface area contributed by atoms with Crippen molar-refractivity contribution < 1.29 is 0 Å². The number of aromatic nitrogens is 1. The van der Waals surface area contributed by atoms with E-state index in [0.717, 1.165) is 39.0 Å². The highest BCUT2D eigenvalue weighted by Crippen LogP contribution is 2.21. The van der Waals surface area contributed by atoms with E-state index in [-0.39, 0.29) is 24.0 Å². The lowest BCUT2D eigenvalue weighted by Crippen LogP contribution is -2.37. The highest BCUT2D eigenvalue weighted by molar-refractivity contribution is 14.0. The summed E-state index contributed by atoms with van der Waals surface area (Å²) >= 11 is 11.3. The first-order chi connectivity index (χ1) is 10.6. The summed E-state index contributed by atoms with van der Waals surface area (Å²) in [4.78, 5) is 9.80. The molecule has 0 atom stereocenters. The number of benzene rings is 1. The molecule has 0 amide bonds. The van der Waals surface area contributed by atoms with Crippen molar-refractivity contribution in [3.05, 3.63) is 49.3 Å². The average molecular weight is 530 g/mol. The molecule has 1 heterocycles. The maximum Gasteiger partial charge on any atom is 0.191 e. The maximum absolute atomic E-state index is 6.21. The standard InChI is InChI=1S/C15H18BrClN4S.HI/c1-10-8-20-14(22-10)5-6-19-15(18-2)21-9-11-3-4-12(16)7-13(11)17;/h3-4,7-8H,5-6,9H2,1-2H3,(H2,18,19,21);1H. The van der Waals surface area contributed by atoms with Gasteiger partial charge >= 0.3 is 0 Å². The molecule has 0 fully saturated rings. The van der Waals surface area contributed by atoms with Crippen molar-refractivity contribution in [3.8, 4) is 0 Å². The van der Waals surface area contributed by atoms with Gasteiger partial charge in [-0.1, -0.05) is 33.6 Å². The predicted octanol–water partition coefficient (Wildman–Crippen LogP) is 4.39. The van der Waals surface area contributed by atoms with Gasteiger partial charge in [0.1, 0.15) is 0 Å². The van der Waals surface area contributed by atoms with E-state index in [4.69, 9.17) is 11.6 Å². The summed E-state index contributed by atoms with van der Waals surface area (Å²) < 4.78 is 0.975. The molecule has 0 aliphatic rings. The third kappa shape index (κ3) is 6.94. The van der Waals surface area contributed by atoms with Gasteiger partial charge in [-0.15, -0.1) is 35.3 Å². The summed E-state index contributed by atoms with van der Waals surface area (Å²) in [6.07, 6.45) is 2.79. The molecule has 0 radical (unpaired) electrons. The molecule has 0 unspecified atom stereocenters. The summed E-state index contributed by atoms with van der Waals surface area (Å²) in [6, 6.07) is 5.86. The monoisotopic (exact) mass is 528 g/mol. The second kappa shape index (κ2) is 10.5. The molecule has 126 valence electrons. The lowest BCUT2D eigenvalue weighted by molar-refractivity contribution is 0.792. The number of aliphatic imine (C=N–C) groups is 1. The van der Waals surface area contributed by atoms with Crippen LogP contribution in [0.2, 0.25) is 5.02 Å². The minimum atomic E-state index is 0. The van der Waals surface area contributed by atoms with Gasteiger partial charge in [-0.05, 0) is 24.6 Å². The van der Waals surface area contributed by atoms with Crippen molar-refractivity contribution in [2.45, 2.75) is 19.9 Å². The Hall–Kier alpha value is -0.380. The normalized spacial score (nSPS) is 11.0. The van der Waals surface area contributed by atoms with Gasteiger partial charge < -0.3 is 10.6 Å². The van der Waals surface area contributed by atoms with Gasteiger partial charge in [-0.3, -0.25) is 4.99 Å². The minimum absolute atomic E-state index is 0. The zero-order valence-corrected chi connectivity index (χ0v) is 18.4. The quantitative estimate of drug-likeness (QED) is 0.343. The number of hydrogen-bond donors (Lipinski definition) is 2. The van der Waals surface area contributed by atoms with E-state index in [1.165, 1.54) is 4.88 Å². The molecule has 2 rings (SSSR count). The second-order valence-electron chi connectivity index (χ2n) is 4.70. The zero-order valence-electron chi connectivity index (χ0n) is 12.9. The van der Waals surface area contributed by atoms with Crippen LogP contribution in [0.5, 0.6) is 0 Å². The molecular weight excluding hydrogens is 511 g/mol. The van der Waals surface area contributed by atoms with Crippen LogP contribution in [0.4, 0.5) is 0 Å². The largest absolute Gasteiger partial charge is 0.356 e. The van der Waals surface area contributed by atoms with E-state index < -0.39 is 0 Å². The molecule has 0 spiro atoms. The predicted molar refractivity (Wildman–Crippen MR) is 113 cm³/mol. The fourth-order valence-electron chi connectivity index (χ4n) is 1.87. The molecule has 0 bridgehead atoms. The van der Waals surface area contributed by atoms with Crippen LogP contribution in [0, 0.1) is 6.92 Å². The van der Waals surface area contributed by atoms with E-state index in [9.17, 15) is 0 Å². The molecule has 2 aromatic rings. The Balaban J connectivity index is 0.00000264. The summed E-state index contributed by atoms with van der Waals surface area (Å²) in [6.45, 7) is 3.49. The molecule has 1 aromatic heterocycles. The fraction of sp³-hybridized carbons (Fsp3) is 0.333. The Morgan fingerprint density at radius 2 is 2.17 bits per heavy atom. The topological polar surface area (TPSA) is 49.3 Å². The second-order valence-corrected chi connectivity index (χ2v) is 7.35. The molecule has 0 saturated carbocycles. The molecule has 4 nitrogen and oxygen atoms in total. The van der Waals surface area contributed by atoms with Crippen LogP contribution in [0.15, 0.2) is 33.9 Å². The van der Waals surface area contributed by atoms with Crippen molar-refractivity contribution in [3.63, 3.8) is 0 Å². The summed E-state index contributed by atoms with van der Waals surface area (Å²) in [5, 5.41) is 8.41. The van der Waals surface area contributed by atoms with Crippen LogP contribution < -0.4 is 10.6 Å². The smallest absolute Gasteiger partial charge is 0.191 e. The Bertz CT molecular complexity index is 663. The first-order valence-corrected chi connectivity index (χ1v) is 8.87. The van der Waals surface area contributed by atoms with E-state index in [1.807, 2.05) is 24.4 Å². The minimum Gasteiger partial charge on any atom is -0.356 e. The van der Waals surface area contributed by atoms with Crippen LogP contribution in [0.1, 0.15) is 15.4 Å². The number of hydrogen-bond acceptors (Lipinski definition) is 3. The number of halogens is 3. The van der Waals surface area contributed by atoms with Crippen LogP contribution in [0.25, 0.3) is 0 Å². The van der Waals surface area contributed by atoms with Crippen LogP contribution in [-0.4, -0.2) is 24.5 Å². The number of nitrogens with one attached hydrogen (secondary N) is 2. The highest BCUT2D eigenvalue weighted by atomic mass is 127. The number of thiazole rings is 1. The Morgan fingerprint density at radius 3 is 2.78 bits per heavy atom. The first kappa shape index (κ1) is 20.7. The summed E-state index contributed by atoms with van der Waals surface area (Å²) in [5.41, 5.74) is 1.03. The summed E-state index contributed by atoms with van der Waals surface area (Å²) in [5.74, 6) is 0.757. The van der Waals surface area contributed by atoms with Crippen molar-refractivity contribution in [2.75, 3.05) is 13.6 Å². The van der Waals surface area contributed by atoms with Gasteiger partial charge in [-0.25, -0.2) is 4.98 Å². The van der Waals surface area contributed by atoms with Crippen LogP contribution >= 0.6 is 62.8 Å². The highest BCUT2D eigenvalue weighted by Gasteiger charge is 2.04. The third-order valence-corrected chi connectivity index (χ3v) is 4.80. The lowest BCUT2D eigenvalue weighted by atomic mass is 10.2. The molecular formula is C15H19BrClIN4S. The van der Waals surface area contributed by atoms with Crippen molar-refractivity contribution in [1.82, 2.24) is 15.6 Å². The van der Waals surface area contributed by atoms with Crippen molar-refractivity contribution in [2.24, 2.45) is 4.99 Å². The van der Waals surface area contributed by atoms with Crippen LogP contribution in [0.3, 0.4) is 0 Å². The number of guanidine groups is 1. The molecule has 0 saturated heterocycles. The molecule has 23 heavy (non-hydrogen) atoms. The number of rotatable bonds is 5. The Morgan fingerprint density at radius 1 is 1.39 bits per heavy atom. The van der Waals surface area contributed by atoms with Crippen molar-refractivity contribution >= 4 is 68.8 Å². The van der Waals surface area contributed by atoms with Gasteiger partial charge in [0, 0.05) is 47.1 Å². The third-order valence-electron chi connectivity index (χ3n) is 2.99. The Labute approximate surface area is 171 Å². The lowest BCUT2D eigenvalue weighted by Gasteiger charge is -2.12. The van der Waals surface area contributed by atoms with E-state index in [2.05, 4.69) is 43.5 Å². The van der Waals surface area contributed by atoms with E-state index >= 15 is 0 Å². The van der Waals surface area contributed by atoms with Gasteiger partial charge in [0.05, 0.1) is 5.01 Å². The fourth-order valence-corrected chi connectivity index (χ4v) is 3.40. The molecule has 2 N–H and O–H groups in total. The number of aryl methyl sites for hydroxylation is 1. The molecule has 1 aromatic carbocycles. The van der Waals surface area contributed by atoms with Gasteiger partial charge in [0.2, 0.25) is 0 Å². The maximum atomic E-state index is 6.21. The first-order valence-electron chi connectivity index (χ1n) is 6.88.